The van der Waals surface area contributed by atoms with Gasteiger partial charge in [-0.15, -0.1) is 0 Å². The van der Waals surface area contributed by atoms with Gasteiger partial charge in [0.2, 0.25) is 10.0 Å². The fraction of sp³-hybridized carbons (Fsp3) is 0.423. The number of hydrogen-bond acceptors (Lipinski definition) is 5. The summed E-state index contributed by atoms with van der Waals surface area (Å²) in [6.45, 7) is 2.25. The van der Waals surface area contributed by atoms with Gasteiger partial charge >= 0.3 is 0 Å². The molecule has 0 aliphatic carbocycles. The van der Waals surface area contributed by atoms with Crippen molar-refractivity contribution in [1.29, 1.82) is 0 Å². The number of carbonyl (C=O) groups excluding carboxylic acids is 1. The van der Waals surface area contributed by atoms with E-state index < -0.39 is 10.0 Å². The Morgan fingerprint density at radius 3 is 2.60 bits per heavy atom. The lowest BCUT2D eigenvalue weighted by atomic mass is 9.89. The highest BCUT2D eigenvalue weighted by atomic mass is 32.2. The second-order valence-electron chi connectivity index (χ2n) is 9.23. The van der Waals surface area contributed by atoms with Crippen molar-refractivity contribution in [1.82, 2.24) is 14.6 Å². The number of likely N-dealkylation sites (tertiary alicyclic amines) is 1. The summed E-state index contributed by atoms with van der Waals surface area (Å²) in [5, 5.41) is 1.17. The third kappa shape index (κ3) is 5.07. The third-order valence-corrected chi connectivity index (χ3v) is 8.52. The summed E-state index contributed by atoms with van der Waals surface area (Å²) < 4.78 is 38.6. The number of sulfonamides is 1. The molecule has 5 rings (SSSR count). The molecule has 2 fully saturated rings. The number of H-pyrrole nitrogens is 1. The number of aromatic amines is 1. The molecule has 1 unspecified atom stereocenters. The Kier molecular flexibility index (Phi) is 6.82. The minimum absolute atomic E-state index is 0.0692. The van der Waals surface area contributed by atoms with Crippen LogP contribution in [-0.2, 0) is 14.8 Å². The van der Waals surface area contributed by atoms with E-state index in [0.717, 1.165) is 36.9 Å². The zero-order chi connectivity index (χ0) is 24.4. The van der Waals surface area contributed by atoms with Gasteiger partial charge in [-0.3, -0.25) is 4.79 Å². The predicted octanol–water partition coefficient (Wildman–Crippen LogP) is 3.65. The molecular weight excluding hydrogens is 466 g/mol. The minimum Gasteiger partial charge on any atom is -0.497 e. The van der Waals surface area contributed by atoms with Gasteiger partial charge in [0, 0.05) is 48.9 Å². The highest BCUT2D eigenvalue weighted by Gasteiger charge is 2.27. The number of nitrogens with one attached hydrogen (secondary N) is 2. The number of fused-ring (bicyclic) bond motifs is 1. The first-order chi connectivity index (χ1) is 16.9. The van der Waals surface area contributed by atoms with E-state index in [1.165, 1.54) is 23.1 Å². The number of aromatic nitrogens is 1. The van der Waals surface area contributed by atoms with Gasteiger partial charge in [-0.25, -0.2) is 13.1 Å². The molecule has 2 N–H and O–H groups in total. The SMILES string of the molecule is COc1ccc2[nH]cc(C3CCN(C(=O)c4ccc(S(=O)(=O)NCC5CCCO5)cc4)CC3)c2c1. The van der Waals surface area contributed by atoms with Crippen molar-refractivity contribution in [3.05, 3.63) is 59.8 Å². The number of hydrogen-bond donors (Lipinski definition) is 2. The van der Waals surface area contributed by atoms with Crippen LogP contribution in [0.3, 0.4) is 0 Å². The van der Waals surface area contributed by atoms with Gasteiger partial charge in [-0.1, -0.05) is 0 Å². The van der Waals surface area contributed by atoms with Crippen molar-refractivity contribution in [2.75, 3.05) is 33.4 Å². The minimum atomic E-state index is -3.64. The Morgan fingerprint density at radius 1 is 1.14 bits per heavy atom. The smallest absolute Gasteiger partial charge is 0.253 e. The number of nitrogens with zero attached hydrogens (tertiary/aromatic N) is 1. The van der Waals surface area contributed by atoms with Crippen LogP contribution >= 0.6 is 0 Å². The summed E-state index contributed by atoms with van der Waals surface area (Å²) in [5.74, 6) is 1.13. The molecule has 0 bridgehead atoms. The van der Waals surface area contributed by atoms with Crippen LogP contribution in [-0.4, -0.2) is 63.7 Å². The molecule has 186 valence electrons. The molecular formula is C26H31N3O5S. The number of amides is 1. The second kappa shape index (κ2) is 10.0. The van der Waals surface area contributed by atoms with Gasteiger partial charge in [0.05, 0.1) is 18.1 Å². The highest BCUT2D eigenvalue weighted by molar-refractivity contribution is 7.89. The largest absolute Gasteiger partial charge is 0.497 e. The fourth-order valence-corrected chi connectivity index (χ4v) is 6.10. The van der Waals surface area contributed by atoms with Crippen molar-refractivity contribution < 1.29 is 22.7 Å². The summed E-state index contributed by atoms with van der Waals surface area (Å²) >= 11 is 0. The molecule has 35 heavy (non-hydrogen) atoms. The first-order valence-corrected chi connectivity index (χ1v) is 13.6. The maximum absolute atomic E-state index is 13.1. The first kappa shape index (κ1) is 23.8. The molecule has 0 spiro atoms. The van der Waals surface area contributed by atoms with Crippen molar-refractivity contribution in [2.24, 2.45) is 0 Å². The molecule has 3 aromatic rings. The monoisotopic (exact) mass is 497 g/mol. The molecule has 3 heterocycles. The van der Waals surface area contributed by atoms with Crippen molar-refractivity contribution in [3.63, 3.8) is 0 Å². The lowest BCUT2D eigenvalue weighted by Gasteiger charge is -2.32. The third-order valence-electron chi connectivity index (χ3n) is 7.08. The number of ether oxygens (including phenoxy) is 2. The van der Waals surface area contributed by atoms with Gasteiger partial charge < -0.3 is 19.4 Å². The molecule has 2 saturated heterocycles. The lowest BCUT2D eigenvalue weighted by Crippen LogP contribution is -2.38. The number of methoxy groups -OCH3 is 1. The van der Waals surface area contributed by atoms with E-state index >= 15 is 0 Å². The Bertz CT molecular complexity index is 1290. The molecule has 8 nitrogen and oxygen atoms in total. The highest BCUT2D eigenvalue weighted by Crippen LogP contribution is 2.35. The van der Waals surface area contributed by atoms with E-state index in [9.17, 15) is 13.2 Å². The van der Waals surface area contributed by atoms with E-state index in [1.807, 2.05) is 17.0 Å². The van der Waals surface area contributed by atoms with Crippen molar-refractivity contribution in [2.45, 2.75) is 42.6 Å². The maximum atomic E-state index is 13.1. The molecule has 0 radical (unpaired) electrons. The topological polar surface area (TPSA) is 101 Å². The summed E-state index contributed by atoms with van der Waals surface area (Å²) in [6.07, 6.45) is 5.56. The van der Waals surface area contributed by atoms with Crippen LogP contribution in [0.5, 0.6) is 5.75 Å². The second-order valence-corrected chi connectivity index (χ2v) is 11.0. The van der Waals surface area contributed by atoms with Crippen LogP contribution in [0.15, 0.2) is 53.6 Å². The molecule has 2 aliphatic heterocycles. The van der Waals surface area contributed by atoms with E-state index in [-0.39, 0.29) is 23.5 Å². The van der Waals surface area contributed by atoms with Crippen LogP contribution in [0.2, 0.25) is 0 Å². The van der Waals surface area contributed by atoms with Crippen LogP contribution in [0.4, 0.5) is 0 Å². The van der Waals surface area contributed by atoms with Crippen molar-refractivity contribution in [3.8, 4) is 5.75 Å². The number of piperidine rings is 1. The molecule has 1 aromatic heterocycles. The van der Waals surface area contributed by atoms with Crippen LogP contribution in [0.1, 0.15) is 47.5 Å². The average molecular weight is 498 g/mol. The van der Waals surface area contributed by atoms with Gasteiger partial charge in [-0.05, 0) is 79.6 Å². The summed E-state index contributed by atoms with van der Waals surface area (Å²) in [4.78, 5) is 18.4. The number of carbonyl (C=O) groups is 1. The van der Waals surface area contributed by atoms with Gasteiger partial charge in [0.1, 0.15) is 5.75 Å². The van der Waals surface area contributed by atoms with Crippen LogP contribution in [0, 0.1) is 0 Å². The Morgan fingerprint density at radius 2 is 1.91 bits per heavy atom. The normalized spacial score (nSPS) is 19.3. The van der Waals surface area contributed by atoms with E-state index in [1.54, 1.807) is 19.2 Å². The van der Waals surface area contributed by atoms with Crippen LogP contribution < -0.4 is 9.46 Å². The van der Waals surface area contributed by atoms with E-state index in [2.05, 4.69) is 22.0 Å². The Hall–Kier alpha value is -2.88. The summed E-state index contributed by atoms with van der Waals surface area (Å²) in [5.41, 5.74) is 2.84. The molecule has 1 atom stereocenters. The molecule has 2 aromatic carbocycles. The van der Waals surface area contributed by atoms with Crippen LogP contribution in [0.25, 0.3) is 10.9 Å². The first-order valence-electron chi connectivity index (χ1n) is 12.1. The predicted molar refractivity (Wildman–Crippen MR) is 133 cm³/mol. The Balaban J connectivity index is 1.20. The molecule has 2 aliphatic rings. The summed E-state index contributed by atoms with van der Waals surface area (Å²) in [7, 11) is -1.97. The zero-order valence-corrected chi connectivity index (χ0v) is 20.6. The summed E-state index contributed by atoms with van der Waals surface area (Å²) in [6, 6.07) is 12.2. The standard InChI is InChI=1S/C26H31N3O5S/c1-33-20-6-9-25-23(15-20)24(17-27-25)18-10-12-29(13-11-18)26(30)19-4-7-22(8-5-19)35(31,32)28-16-21-3-2-14-34-21/h4-9,15,17-18,21,27-28H,2-3,10-14,16H2,1H3. The van der Waals surface area contributed by atoms with Gasteiger partial charge in [0.15, 0.2) is 0 Å². The molecule has 0 saturated carbocycles. The zero-order valence-electron chi connectivity index (χ0n) is 19.8. The van der Waals surface area contributed by atoms with Gasteiger partial charge in [-0.2, -0.15) is 0 Å². The maximum Gasteiger partial charge on any atom is 0.253 e. The quantitative estimate of drug-likeness (QED) is 0.519. The van der Waals surface area contributed by atoms with E-state index in [0.29, 0.717) is 31.2 Å². The average Bonchev–Trinajstić information content (AvgIpc) is 3.57. The fourth-order valence-electron chi connectivity index (χ4n) is 5.03. The van der Waals surface area contributed by atoms with Crippen molar-refractivity contribution >= 4 is 26.8 Å². The molecule has 9 heteroatoms. The lowest BCUT2D eigenvalue weighted by molar-refractivity contribution is 0.0713. The number of benzene rings is 2. The van der Waals surface area contributed by atoms with E-state index in [4.69, 9.17) is 9.47 Å². The Labute approximate surface area is 205 Å². The molecule has 1 amide bonds. The number of rotatable bonds is 7. The van der Waals surface area contributed by atoms with Gasteiger partial charge in [0.25, 0.3) is 5.91 Å².